The summed E-state index contributed by atoms with van der Waals surface area (Å²) in [6.07, 6.45) is -0.895. The largest absolute Gasteiger partial charge is 0.378 e. The monoisotopic (exact) mass is 461 g/mol. The van der Waals surface area contributed by atoms with E-state index in [1.807, 2.05) is 74.4 Å². The zero-order chi connectivity index (χ0) is 23.3. The van der Waals surface area contributed by atoms with E-state index in [9.17, 15) is 9.59 Å². The van der Waals surface area contributed by atoms with E-state index in [0.717, 1.165) is 22.5 Å². The van der Waals surface area contributed by atoms with Crippen LogP contribution in [0.1, 0.15) is 17.2 Å². The fourth-order valence-corrected chi connectivity index (χ4v) is 4.61. The van der Waals surface area contributed by atoms with Gasteiger partial charge >= 0.3 is 0 Å². The number of benzene rings is 3. The number of fused-ring (bicyclic) bond motifs is 1. The fraction of sp³-hybridized carbons (Fsp3) is 0.231. The molecule has 0 saturated carbocycles. The van der Waals surface area contributed by atoms with Crippen LogP contribution in [0.15, 0.2) is 72.8 Å². The molecule has 0 aromatic heterocycles. The second kappa shape index (κ2) is 8.21. The van der Waals surface area contributed by atoms with Crippen LogP contribution in [0, 0.1) is 12.8 Å². The molecule has 2 amide bonds. The number of carbonyl (C=O) groups excluding carboxylic acids is 2. The van der Waals surface area contributed by atoms with Gasteiger partial charge in [-0.15, -0.1) is 0 Å². The fourth-order valence-electron chi connectivity index (χ4n) is 4.48. The van der Waals surface area contributed by atoms with Crippen molar-refractivity contribution in [1.29, 1.82) is 0 Å². The van der Waals surface area contributed by atoms with Gasteiger partial charge < -0.3 is 4.90 Å². The third-order valence-corrected chi connectivity index (χ3v) is 6.49. The topological polar surface area (TPSA) is 53.1 Å². The predicted octanol–water partition coefficient (Wildman–Crippen LogP) is 4.77. The van der Waals surface area contributed by atoms with Crippen LogP contribution in [0.3, 0.4) is 0 Å². The minimum Gasteiger partial charge on any atom is -0.378 e. The number of imide groups is 1. The van der Waals surface area contributed by atoms with E-state index in [0.29, 0.717) is 10.7 Å². The molecule has 2 aliphatic rings. The van der Waals surface area contributed by atoms with Gasteiger partial charge in [0.05, 0.1) is 17.4 Å². The molecule has 0 radical (unpaired) electrons. The van der Waals surface area contributed by atoms with E-state index in [-0.39, 0.29) is 11.8 Å². The summed E-state index contributed by atoms with van der Waals surface area (Å²) in [7, 11) is 3.95. The van der Waals surface area contributed by atoms with Gasteiger partial charge in [-0.3, -0.25) is 14.4 Å². The summed E-state index contributed by atoms with van der Waals surface area (Å²) in [6, 6.07) is 22.1. The number of aryl methyl sites for hydroxylation is 1. The molecule has 3 aromatic rings. The number of rotatable bonds is 4. The summed E-state index contributed by atoms with van der Waals surface area (Å²) in [4.78, 5) is 36.5. The number of amides is 2. The van der Waals surface area contributed by atoms with E-state index in [1.165, 1.54) is 4.90 Å². The number of hydrogen-bond acceptors (Lipinski definition) is 5. The second-order valence-electron chi connectivity index (χ2n) is 8.63. The second-order valence-corrected chi connectivity index (χ2v) is 9.07. The minimum absolute atomic E-state index is 0.257. The lowest BCUT2D eigenvalue weighted by atomic mass is 9.90. The molecule has 2 saturated heterocycles. The molecule has 5 rings (SSSR count). The summed E-state index contributed by atoms with van der Waals surface area (Å²) >= 11 is 6.08. The number of hydrogen-bond donors (Lipinski definition) is 0. The maximum atomic E-state index is 13.6. The molecule has 0 aliphatic carbocycles. The van der Waals surface area contributed by atoms with Crippen molar-refractivity contribution < 1.29 is 14.4 Å². The van der Waals surface area contributed by atoms with E-state index >= 15 is 0 Å². The van der Waals surface area contributed by atoms with Gasteiger partial charge in [0, 0.05) is 24.8 Å². The molecule has 0 bridgehead atoms. The molecule has 2 heterocycles. The molecule has 0 N–H and O–H groups in total. The average molecular weight is 462 g/mol. The Labute approximate surface area is 197 Å². The van der Waals surface area contributed by atoms with Crippen LogP contribution in [0.25, 0.3) is 0 Å². The van der Waals surface area contributed by atoms with Gasteiger partial charge in [-0.2, -0.15) is 0 Å². The maximum absolute atomic E-state index is 13.6. The normalized spacial score (nSPS) is 22.1. The molecule has 33 heavy (non-hydrogen) atoms. The molecule has 0 spiro atoms. The lowest BCUT2D eigenvalue weighted by molar-refractivity contribution is -0.126. The first-order valence-corrected chi connectivity index (χ1v) is 11.2. The molecule has 2 aliphatic heterocycles. The van der Waals surface area contributed by atoms with Crippen LogP contribution in [0.5, 0.6) is 0 Å². The van der Waals surface area contributed by atoms with Crippen LogP contribution in [-0.4, -0.2) is 32.0 Å². The van der Waals surface area contributed by atoms with Crippen LogP contribution in [0.2, 0.25) is 5.02 Å². The Balaban J connectivity index is 1.57. The summed E-state index contributed by atoms with van der Waals surface area (Å²) in [5.41, 5.74) is 4.30. The van der Waals surface area contributed by atoms with Gasteiger partial charge in [0.1, 0.15) is 5.92 Å². The lowest BCUT2D eigenvalue weighted by Gasteiger charge is -2.29. The Hall–Kier alpha value is -3.35. The molecule has 168 valence electrons. The van der Waals surface area contributed by atoms with Gasteiger partial charge in [-0.25, -0.2) is 9.96 Å². The highest BCUT2D eigenvalue weighted by atomic mass is 35.5. The van der Waals surface area contributed by atoms with Crippen LogP contribution < -0.4 is 14.9 Å². The molecular formula is C26H24ClN3O3. The summed E-state index contributed by atoms with van der Waals surface area (Å²) < 4.78 is 0. The van der Waals surface area contributed by atoms with Crippen molar-refractivity contribution in [3.63, 3.8) is 0 Å². The van der Waals surface area contributed by atoms with Crippen molar-refractivity contribution in [2.24, 2.45) is 5.92 Å². The molecule has 3 aromatic carbocycles. The Bertz CT molecular complexity index is 1190. The summed E-state index contributed by atoms with van der Waals surface area (Å²) in [6.45, 7) is 1.96. The number of carbonyl (C=O) groups is 2. The van der Waals surface area contributed by atoms with Gasteiger partial charge in [-0.1, -0.05) is 41.4 Å². The van der Waals surface area contributed by atoms with E-state index in [4.69, 9.17) is 16.4 Å². The van der Waals surface area contributed by atoms with E-state index in [2.05, 4.69) is 0 Å². The van der Waals surface area contributed by atoms with Gasteiger partial charge in [0.15, 0.2) is 6.10 Å². The number of nitrogens with zero attached hydrogens (tertiary/aromatic N) is 3. The first kappa shape index (κ1) is 21.5. The first-order valence-electron chi connectivity index (χ1n) is 10.8. The number of hydroxylamine groups is 1. The molecular weight excluding hydrogens is 438 g/mol. The lowest BCUT2D eigenvalue weighted by Crippen LogP contribution is -2.37. The molecule has 7 heteroatoms. The standard InChI is InChI=1S/C26H24ClN3O3/c1-16-4-10-20(11-5-16)29-25(31)22-23(17-6-12-19(13-7-17)28(2)3)30(33-24(22)26(29)32)21-14-8-18(27)9-15-21/h4-15,22-24H,1-3H3/t22-,23-,24-/m1/s1. The Kier molecular flexibility index (Phi) is 5.35. The van der Waals surface area contributed by atoms with Crippen molar-refractivity contribution in [3.8, 4) is 0 Å². The van der Waals surface area contributed by atoms with E-state index in [1.54, 1.807) is 29.3 Å². The van der Waals surface area contributed by atoms with Gasteiger partial charge in [-0.05, 0) is 61.0 Å². The smallest absolute Gasteiger partial charge is 0.266 e. The van der Waals surface area contributed by atoms with Crippen molar-refractivity contribution in [2.45, 2.75) is 19.1 Å². The van der Waals surface area contributed by atoms with Gasteiger partial charge in [0.25, 0.3) is 5.91 Å². The predicted molar refractivity (Wildman–Crippen MR) is 129 cm³/mol. The van der Waals surface area contributed by atoms with Crippen molar-refractivity contribution in [2.75, 3.05) is 29.0 Å². The average Bonchev–Trinajstić information content (AvgIpc) is 3.31. The van der Waals surface area contributed by atoms with E-state index < -0.39 is 18.1 Å². The molecule has 3 atom stereocenters. The Morgan fingerprint density at radius 3 is 2.03 bits per heavy atom. The maximum Gasteiger partial charge on any atom is 0.266 e. The highest BCUT2D eigenvalue weighted by Gasteiger charge is 2.60. The number of anilines is 3. The third-order valence-electron chi connectivity index (χ3n) is 6.24. The van der Waals surface area contributed by atoms with Gasteiger partial charge in [0.2, 0.25) is 5.91 Å². The van der Waals surface area contributed by atoms with Crippen LogP contribution in [0.4, 0.5) is 17.1 Å². The summed E-state index contributed by atoms with van der Waals surface area (Å²) in [5.74, 6) is -1.27. The Morgan fingerprint density at radius 1 is 0.818 bits per heavy atom. The first-order chi connectivity index (χ1) is 15.8. The third kappa shape index (κ3) is 3.65. The highest BCUT2D eigenvalue weighted by Crippen LogP contribution is 2.47. The van der Waals surface area contributed by atoms with Crippen LogP contribution >= 0.6 is 11.6 Å². The van der Waals surface area contributed by atoms with Crippen molar-refractivity contribution in [1.82, 2.24) is 0 Å². The highest BCUT2D eigenvalue weighted by molar-refractivity contribution is 6.30. The number of halogens is 1. The molecule has 2 fully saturated rings. The Morgan fingerprint density at radius 2 is 1.42 bits per heavy atom. The molecule has 6 nitrogen and oxygen atoms in total. The minimum atomic E-state index is -0.895. The molecule has 0 unspecified atom stereocenters. The zero-order valence-corrected chi connectivity index (χ0v) is 19.4. The summed E-state index contributed by atoms with van der Waals surface area (Å²) in [5, 5.41) is 2.28. The van der Waals surface area contributed by atoms with Crippen molar-refractivity contribution >= 4 is 40.5 Å². The van der Waals surface area contributed by atoms with Crippen LogP contribution in [-0.2, 0) is 14.4 Å². The SMILES string of the molecule is Cc1ccc(N2C(=O)[C@@H]3[C@@H](c4ccc(N(C)C)cc4)N(c4ccc(Cl)cc4)O[C@H]3C2=O)cc1. The van der Waals surface area contributed by atoms with Crippen molar-refractivity contribution in [3.05, 3.63) is 88.9 Å². The quantitative estimate of drug-likeness (QED) is 0.524. The zero-order valence-electron chi connectivity index (χ0n) is 18.6.